The maximum atomic E-state index is 6.91. The van der Waals surface area contributed by atoms with E-state index in [0.717, 1.165) is 44.7 Å². The van der Waals surface area contributed by atoms with Gasteiger partial charge in [0.25, 0.3) is 0 Å². The molecule has 2 aromatic heterocycles. The second kappa shape index (κ2) is 13.3. The third kappa shape index (κ3) is 5.26. The minimum atomic E-state index is -0.535. The van der Waals surface area contributed by atoms with Crippen LogP contribution in [0.3, 0.4) is 0 Å². The van der Waals surface area contributed by atoms with E-state index < -0.39 is 5.41 Å². The van der Waals surface area contributed by atoms with Gasteiger partial charge in [0.1, 0.15) is 5.69 Å². The van der Waals surface area contributed by atoms with Crippen molar-refractivity contribution in [2.75, 3.05) is 0 Å². The second-order valence-electron chi connectivity index (χ2n) is 14.1. The molecule has 9 aromatic rings. The molecule has 0 spiro atoms. The number of nitrogens with zero attached hydrogens (tertiary/aromatic N) is 4. The Morgan fingerprint density at radius 1 is 0.386 bits per heavy atom. The Bertz CT molecular complexity index is 2860. The lowest BCUT2D eigenvalue weighted by atomic mass is 9.68. The summed E-state index contributed by atoms with van der Waals surface area (Å²) >= 11 is 0. The molecular weight excluding hydrogens is 701 g/mol. The first-order valence-electron chi connectivity index (χ1n) is 19.0. The van der Waals surface area contributed by atoms with E-state index in [1.807, 2.05) is 78.9 Å². The summed E-state index contributed by atoms with van der Waals surface area (Å²) in [6, 6.07) is 64.4. The number of hydrogen-bond donors (Lipinski definition) is 0. The van der Waals surface area contributed by atoms with Crippen molar-refractivity contribution in [3.05, 3.63) is 217 Å². The minimum Gasteiger partial charge on any atom is -0.449 e. The van der Waals surface area contributed by atoms with Crippen molar-refractivity contribution in [1.29, 1.82) is 0 Å². The van der Waals surface area contributed by atoms with Gasteiger partial charge in [0.15, 0.2) is 40.5 Å². The first-order valence-corrected chi connectivity index (χ1v) is 19.0. The Labute approximate surface area is 329 Å². The first-order chi connectivity index (χ1) is 28.3. The van der Waals surface area contributed by atoms with Crippen molar-refractivity contribution in [3.63, 3.8) is 0 Å². The van der Waals surface area contributed by atoms with Crippen molar-refractivity contribution in [2.24, 2.45) is 0 Å². The molecule has 0 radical (unpaired) electrons. The van der Waals surface area contributed by atoms with Crippen LogP contribution in [-0.2, 0) is 5.41 Å². The highest BCUT2D eigenvalue weighted by molar-refractivity contribution is 5.92. The predicted molar refractivity (Wildman–Crippen MR) is 223 cm³/mol. The number of pyridine rings is 1. The quantitative estimate of drug-likeness (QED) is 0.169. The lowest BCUT2D eigenvalue weighted by Gasteiger charge is -2.34. The maximum Gasteiger partial charge on any atom is 0.182 e. The van der Waals surface area contributed by atoms with Gasteiger partial charge < -0.3 is 9.47 Å². The topological polar surface area (TPSA) is 70.0 Å². The molecule has 3 heterocycles. The van der Waals surface area contributed by atoms with E-state index in [0.29, 0.717) is 40.4 Å². The van der Waals surface area contributed by atoms with Crippen LogP contribution in [0.4, 0.5) is 0 Å². The van der Waals surface area contributed by atoms with Crippen LogP contribution in [-0.4, -0.2) is 19.9 Å². The fourth-order valence-electron chi connectivity index (χ4n) is 8.48. The number of hydrogen-bond acceptors (Lipinski definition) is 6. The molecule has 6 nitrogen and oxygen atoms in total. The Balaban J connectivity index is 1.02. The monoisotopic (exact) mass is 732 g/mol. The van der Waals surface area contributed by atoms with E-state index in [4.69, 9.17) is 24.4 Å². The summed E-state index contributed by atoms with van der Waals surface area (Å²) in [6.07, 6.45) is 1.75. The average molecular weight is 733 g/mol. The summed E-state index contributed by atoms with van der Waals surface area (Å²) < 4.78 is 13.7. The van der Waals surface area contributed by atoms with E-state index in [1.165, 1.54) is 16.7 Å². The highest BCUT2D eigenvalue weighted by Crippen LogP contribution is 2.62. The summed E-state index contributed by atoms with van der Waals surface area (Å²) in [5.41, 5.74) is 10.7. The molecule has 0 atom stereocenters. The SMILES string of the molecule is c1ccc(-c2nc(-c3ccccn3)nc(-c3ccccc3-c3ccc4c(c3)Oc3ccc5c(c3O4)-c3ccccc3C5(c3ccccc3)c3ccccc3)n2)cc1. The molecule has 0 saturated carbocycles. The minimum absolute atomic E-state index is 0.505. The van der Waals surface area contributed by atoms with E-state index in [2.05, 4.69) is 114 Å². The van der Waals surface area contributed by atoms with Gasteiger partial charge in [-0.2, -0.15) is 0 Å². The van der Waals surface area contributed by atoms with Crippen LogP contribution in [0.5, 0.6) is 23.0 Å². The van der Waals surface area contributed by atoms with Crippen LogP contribution in [0.2, 0.25) is 0 Å². The van der Waals surface area contributed by atoms with Crippen molar-refractivity contribution in [3.8, 4) is 79.5 Å². The summed E-state index contributed by atoms with van der Waals surface area (Å²) in [5, 5.41) is 0. The molecule has 1 aliphatic carbocycles. The van der Waals surface area contributed by atoms with Gasteiger partial charge in [0, 0.05) is 22.9 Å². The molecule has 6 heteroatoms. The number of benzene rings is 7. The largest absolute Gasteiger partial charge is 0.449 e. The summed E-state index contributed by atoms with van der Waals surface area (Å²) in [6.45, 7) is 0. The highest BCUT2D eigenvalue weighted by Gasteiger charge is 2.48. The zero-order valence-electron chi connectivity index (χ0n) is 30.6. The summed E-state index contributed by atoms with van der Waals surface area (Å²) in [4.78, 5) is 19.4. The van der Waals surface area contributed by atoms with Crippen molar-refractivity contribution >= 4 is 0 Å². The van der Waals surface area contributed by atoms with Crippen molar-refractivity contribution < 1.29 is 9.47 Å². The fraction of sp³-hybridized carbons (Fsp3) is 0.0196. The molecule has 2 aliphatic rings. The Kier molecular flexibility index (Phi) is 7.60. The van der Waals surface area contributed by atoms with Crippen LogP contribution < -0.4 is 9.47 Å². The average Bonchev–Trinajstić information content (AvgIpc) is 3.60. The fourth-order valence-corrected chi connectivity index (χ4v) is 8.48. The predicted octanol–water partition coefficient (Wildman–Crippen LogP) is 12.2. The van der Waals surface area contributed by atoms with E-state index in [1.54, 1.807) is 6.20 Å². The number of rotatable bonds is 6. The Hall–Kier alpha value is -7.70. The van der Waals surface area contributed by atoms with E-state index in [-0.39, 0.29) is 0 Å². The van der Waals surface area contributed by atoms with Crippen LogP contribution >= 0.6 is 0 Å². The number of aromatic nitrogens is 4. The van der Waals surface area contributed by atoms with E-state index in [9.17, 15) is 0 Å². The molecule has 0 bridgehead atoms. The zero-order chi connectivity index (χ0) is 37.8. The molecular formula is C51H32N4O2. The van der Waals surface area contributed by atoms with Gasteiger partial charge in [-0.25, -0.2) is 15.0 Å². The van der Waals surface area contributed by atoms with Crippen LogP contribution in [0.15, 0.2) is 194 Å². The van der Waals surface area contributed by atoms with Gasteiger partial charge in [-0.05, 0) is 69.3 Å². The number of fused-ring (bicyclic) bond motifs is 6. The van der Waals surface area contributed by atoms with Gasteiger partial charge >= 0.3 is 0 Å². The van der Waals surface area contributed by atoms with E-state index >= 15 is 0 Å². The van der Waals surface area contributed by atoms with Gasteiger partial charge in [-0.15, -0.1) is 0 Å². The lowest BCUT2D eigenvalue weighted by molar-refractivity contribution is 0.360. The number of ether oxygens (including phenoxy) is 2. The van der Waals surface area contributed by atoms with Crippen LogP contribution in [0.25, 0.3) is 56.5 Å². The van der Waals surface area contributed by atoms with Crippen LogP contribution in [0, 0.1) is 0 Å². The molecule has 1 aliphatic heterocycles. The molecule has 0 N–H and O–H groups in total. The third-order valence-electron chi connectivity index (χ3n) is 11.0. The highest BCUT2D eigenvalue weighted by atomic mass is 16.6. The molecule has 7 aromatic carbocycles. The van der Waals surface area contributed by atoms with Crippen molar-refractivity contribution in [1.82, 2.24) is 19.9 Å². The molecule has 0 fully saturated rings. The Morgan fingerprint density at radius 2 is 1.00 bits per heavy atom. The molecule has 0 unspecified atom stereocenters. The van der Waals surface area contributed by atoms with Gasteiger partial charge in [-0.1, -0.05) is 158 Å². The third-order valence-corrected chi connectivity index (χ3v) is 11.0. The molecule has 11 rings (SSSR count). The Morgan fingerprint density at radius 3 is 1.74 bits per heavy atom. The van der Waals surface area contributed by atoms with Gasteiger partial charge in [0.2, 0.25) is 0 Å². The molecule has 268 valence electrons. The van der Waals surface area contributed by atoms with Gasteiger partial charge in [0.05, 0.1) is 5.41 Å². The molecule has 0 saturated heterocycles. The van der Waals surface area contributed by atoms with Gasteiger partial charge in [-0.3, -0.25) is 4.98 Å². The smallest absolute Gasteiger partial charge is 0.182 e. The lowest BCUT2D eigenvalue weighted by Crippen LogP contribution is -2.28. The molecule has 57 heavy (non-hydrogen) atoms. The van der Waals surface area contributed by atoms with Crippen molar-refractivity contribution in [2.45, 2.75) is 5.41 Å². The summed E-state index contributed by atoms with van der Waals surface area (Å²) in [5.74, 6) is 4.30. The normalized spacial score (nSPS) is 13.0. The molecule has 0 amide bonds. The second-order valence-corrected chi connectivity index (χ2v) is 14.1. The first kappa shape index (κ1) is 32.7. The zero-order valence-corrected chi connectivity index (χ0v) is 30.6. The standard InChI is InChI=1S/C51H32N4O2/c1-4-16-33(17-5-1)48-53-49(55-50(54-48)42-26-14-15-31-52-42)38-23-11-10-22-37(38)34-27-29-43-45(32-34)56-44-30-28-41-46(47(44)57-43)39-24-12-13-25-40(39)51(41,35-18-6-2-7-19-35)36-20-8-3-9-21-36/h1-32H. The maximum absolute atomic E-state index is 6.91. The van der Waals surface area contributed by atoms with Crippen LogP contribution in [0.1, 0.15) is 22.3 Å². The summed E-state index contributed by atoms with van der Waals surface area (Å²) in [7, 11) is 0.